The van der Waals surface area contributed by atoms with E-state index in [0.717, 1.165) is 22.1 Å². The lowest BCUT2D eigenvalue weighted by Gasteiger charge is -2.18. The number of rotatable bonds is 8. The minimum atomic E-state index is -1.52. The van der Waals surface area contributed by atoms with Gasteiger partial charge in [-0.2, -0.15) is 0 Å². The third-order valence-corrected chi connectivity index (χ3v) is 7.14. The molecule has 12 heteroatoms. The van der Waals surface area contributed by atoms with Crippen molar-refractivity contribution in [1.82, 2.24) is 14.5 Å². The van der Waals surface area contributed by atoms with Gasteiger partial charge < -0.3 is 25.8 Å². The largest absolute Gasteiger partial charge is 0.434 e. The number of aromatic nitrogens is 2. The van der Waals surface area contributed by atoms with Gasteiger partial charge in [-0.1, -0.05) is 30.3 Å². The standard InChI is InChI=1S/C31H31N5O7/c1-17(2)35-15-25(29(40)36(31(35)42)16-26(37)33-24-14-27(38)43-30(24)41)34-28(39)23-11-10-21(12-18(23)3)32-22-9-8-19-6-4-5-7-20(19)13-22/h4-13,15,17,24,30,32,41H,14,16H2,1-3H3,(H,33,37)(H,34,39)/t24-,30?/m0/s1. The third kappa shape index (κ3) is 6.33. The number of nitrogens with one attached hydrogen (secondary N) is 3. The Kier molecular flexibility index (Phi) is 8.13. The van der Waals surface area contributed by atoms with E-state index in [1.165, 1.54) is 10.8 Å². The van der Waals surface area contributed by atoms with Crippen LogP contribution in [0.4, 0.5) is 17.1 Å². The number of fused-ring (bicyclic) bond motifs is 1. The Bertz CT molecular complexity index is 1860. The summed E-state index contributed by atoms with van der Waals surface area (Å²) >= 11 is 0. The van der Waals surface area contributed by atoms with Crippen LogP contribution >= 0.6 is 0 Å². The van der Waals surface area contributed by atoms with Crippen molar-refractivity contribution in [3.05, 3.63) is 98.8 Å². The van der Waals surface area contributed by atoms with E-state index in [9.17, 15) is 29.1 Å². The molecule has 4 aromatic rings. The molecule has 2 heterocycles. The van der Waals surface area contributed by atoms with Crippen LogP contribution in [-0.4, -0.2) is 44.4 Å². The predicted octanol–water partition coefficient (Wildman–Crippen LogP) is 2.80. The van der Waals surface area contributed by atoms with Gasteiger partial charge in [-0.25, -0.2) is 9.36 Å². The second-order valence-corrected chi connectivity index (χ2v) is 10.6. The van der Waals surface area contributed by atoms with Gasteiger partial charge in [-0.15, -0.1) is 0 Å². The number of benzene rings is 3. The summed E-state index contributed by atoms with van der Waals surface area (Å²) in [6, 6.07) is 17.8. The van der Waals surface area contributed by atoms with Crippen molar-refractivity contribution in [3.63, 3.8) is 0 Å². The maximum atomic E-state index is 13.3. The number of esters is 1. The van der Waals surface area contributed by atoms with Crippen LogP contribution in [0.1, 0.15) is 42.2 Å². The van der Waals surface area contributed by atoms with Gasteiger partial charge in [0, 0.05) is 29.2 Å². The molecule has 1 aromatic heterocycles. The lowest BCUT2D eigenvalue weighted by Crippen LogP contribution is -2.48. The first-order chi connectivity index (χ1) is 20.5. The van der Waals surface area contributed by atoms with Crippen LogP contribution in [-0.2, 0) is 20.9 Å². The molecule has 0 aliphatic carbocycles. The zero-order valence-corrected chi connectivity index (χ0v) is 23.8. The topological polar surface area (TPSA) is 161 Å². The number of anilines is 3. The zero-order valence-electron chi connectivity index (χ0n) is 23.8. The molecule has 0 radical (unpaired) electrons. The average Bonchev–Trinajstić information content (AvgIpc) is 3.27. The third-order valence-electron chi connectivity index (χ3n) is 7.14. The maximum Gasteiger partial charge on any atom is 0.331 e. The van der Waals surface area contributed by atoms with Crippen molar-refractivity contribution in [1.29, 1.82) is 0 Å². The van der Waals surface area contributed by atoms with Gasteiger partial charge in [0.25, 0.3) is 11.5 Å². The zero-order chi connectivity index (χ0) is 30.8. The number of carbonyl (C=O) groups excluding carboxylic acids is 3. The van der Waals surface area contributed by atoms with Gasteiger partial charge in [-0.3, -0.25) is 23.7 Å². The minimum absolute atomic E-state index is 0.191. The number of aliphatic hydroxyl groups excluding tert-OH is 1. The molecule has 3 aromatic carbocycles. The van der Waals surface area contributed by atoms with Gasteiger partial charge in [0.2, 0.25) is 12.2 Å². The first kappa shape index (κ1) is 29.3. The Morgan fingerprint density at radius 1 is 1.00 bits per heavy atom. The molecular weight excluding hydrogens is 554 g/mol. The fraction of sp³-hybridized carbons (Fsp3) is 0.258. The molecule has 12 nitrogen and oxygen atoms in total. The van der Waals surface area contributed by atoms with E-state index in [-0.39, 0.29) is 12.1 Å². The number of carbonyl (C=O) groups is 3. The molecule has 2 amide bonds. The van der Waals surface area contributed by atoms with Crippen molar-refractivity contribution in [2.75, 3.05) is 10.6 Å². The van der Waals surface area contributed by atoms with Crippen LogP contribution in [0.25, 0.3) is 10.8 Å². The van der Waals surface area contributed by atoms with E-state index >= 15 is 0 Å². The summed E-state index contributed by atoms with van der Waals surface area (Å²) in [5, 5.41) is 20.3. The molecule has 1 aliphatic rings. The lowest BCUT2D eigenvalue weighted by atomic mass is 10.1. The first-order valence-electron chi connectivity index (χ1n) is 13.7. The highest BCUT2D eigenvalue weighted by Gasteiger charge is 2.34. The number of cyclic esters (lactones) is 1. The molecule has 1 aliphatic heterocycles. The fourth-order valence-corrected chi connectivity index (χ4v) is 4.90. The van der Waals surface area contributed by atoms with Gasteiger partial charge in [0.15, 0.2) is 0 Å². The highest BCUT2D eigenvalue weighted by Crippen LogP contribution is 2.24. The maximum absolute atomic E-state index is 13.3. The van der Waals surface area contributed by atoms with Crippen molar-refractivity contribution >= 4 is 45.6 Å². The monoisotopic (exact) mass is 585 g/mol. The molecule has 0 bridgehead atoms. The number of nitrogens with zero attached hydrogens (tertiary/aromatic N) is 2. The number of aryl methyl sites for hydroxylation is 1. The molecule has 1 unspecified atom stereocenters. The van der Waals surface area contributed by atoms with Crippen LogP contribution in [0.5, 0.6) is 0 Å². The van der Waals surface area contributed by atoms with Gasteiger partial charge in [0.1, 0.15) is 18.3 Å². The van der Waals surface area contributed by atoms with E-state index in [1.54, 1.807) is 32.9 Å². The lowest BCUT2D eigenvalue weighted by molar-refractivity contribution is -0.155. The smallest absolute Gasteiger partial charge is 0.331 e. The Morgan fingerprint density at radius 2 is 1.70 bits per heavy atom. The second kappa shape index (κ2) is 11.9. The second-order valence-electron chi connectivity index (χ2n) is 10.6. The normalized spacial score (nSPS) is 16.3. The molecule has 5 rings (SSSR count). The van der Waals surface area contributed by atoms with E-state index < -0.39 is 54.0 Å². The van der Waals surface area contributed by atoms with Crippen LogP contribution < -0.4 is 27.2 Å². The number of hydrogen-bond acceptors (Lipinski definition) is 8. The molecular formula is C31H31N5O7. The van der Waals surface area contributed by atoms with Crippen molar-refractivity contribution < 1.29 is 24.2 Å². The summed E-state index contributed by atoms with van der Waals surface area (Å²) in [5.74, 6) is -2.04. The van der Waals surface area contributed by atoms with Crippen LogP contribution in [0.3, 0.4) is 0 Å². The van der Waals surface area contributed by atoms with Crippen LogP contribution in [0, 0.1) is 6.92 Å². The molecule has 1 saturated heterocycles. The summed E-state index contributed by atoms with van der Waals surface area (Å²) in [7, 11) is 0. The SMILES string of the molecule is Cc1cc(Nc2ccc3ccccc3c2)ccc1C(=O)Nc1cn(C(C)C)c(=O)n(CC(=O)N[C@H]2CC(=O)OC2O)c1=O. The predicted molar refractivity (Wildman–Crippen MR) is 160 cm³/mol. The fourth-order valence-electron chi connectivity index (χ4n) is 4.90. The number of amides is 2. The summed E-state index contributed by atoms with van der Waals surface area (Å²) in [6.07, 6.45) is -0.521. The van der Waals surface area contributed by atoms with E-state index in [4.69, 9.17) is 0 Å². The van der Waals surface area contributed by atoms with Crippen molar-refractivity contribution in [2.24, 2.45) is 0 Å². The Hall–Kier alpha value is -5.23. The number of ether oxygens (including phenoxy) is 1. The van der Waals surface area contributed by atoms with Gasteiger partial charge in [-0.05, 0) is 67.4 Å². The summed E-state index contributed by atoms with van der Waals surface area (Å²) in [4.78, 5) is 63.6. The molecule has 4 N–H and O–H groups in total. The Labute approximate surface area is 245 Å². The average molecular weight is 586 g/mol. The van der Waals surface area contributed by atoms with Crippen molar-refractivity contribution in [3.8, 4) is 0 Å². The summed E-state index contributed by atoms with van der Waals surface area (Å²) in [6.45, 7) is 4.50. The molecule has 222 valence electrons. The summed E-state index contributed by atoms with van der Waals surface area (Å²) < 4.78 is 6.53. The Balaban J connectivity index is 1.35. The molecule has 0 saturated carbocycles. The van der Waals surface area contributed by atoms with E-state index in [1.807, 2.05) is 48.5 Å². The molecule has 2 atom stereocenters. The number of aliphatic hydroxyl groups is 1. The van der Waals surface area contributed by atoms with E-state index in [0.29, 0.717) is 15.7 Å². The highest BCUT2D eigenvalue weighted by atomic mass is 16.6. The molecule has 43 heavy (non-hydrogen) atoms. The highest BCUT2D eigenvalue weighted by molar-refractivity contribution is 6.05. The minimum Gasteiger partial charge on any atom is -0.434 e. The van der Waals surface area contributed by atoms with E-state index in [2.05, 4.69) is 20.7 Å². The molecule has 1 fully saturated rings. The first-order valence-corrected chi connectivity index (χ1v) is 13.7. The van der Waals surface area contributed by atoms with Gasteiger partial charge >= 0.3 is 11.7 Å². The summed E-state index contributed by atoms with van der Waals surface area (Å²) in [5.41, 5.74) is 0.790. The van der Waals surface area contributed by atoms with Gasteiger partial charge in [0.05, 0.1) is 6.42 Å². The number of hydrogen-bond donors (Lipinski definition) is 4. The molecule has 0 spiro atoms. The van der Waals surface area contributed by atoms with Crippen molar-refractivity contribution in [2.45, 2.75) is 52.1 Å². The van der Waals surface area contributed by atoms with Crippen LogP contribution in [0.15, 0.2) is 76.4 Å². The Morgan fingerprint density at radius 3 is 2.37 bits per heavy atom. The quantitative estimate of drug-likeness (QED) is 0.230. The van der Waals surface area contributed by atoms with Crippen LogP contribution in [0.2, 0.25) is 0 Å².